The van der Waals surface area contributed by atoms with Gasteiger partial charge in [0.1, 0.15) is 0 Å². The first-order valence-electron chi connectivity index (χ1n) is 6.27. The van der Waals surface area contributed by atoms with Crippen LogP contribution in [0.25, 0.3) is 5.70 Å². The molecule has 6 heteroatoms. The highest BCUT2D eigenvalue weighted by Crippen LogP contribution is 2.45. The molecule has 0 atom stereocenters. The number of fused-ring (bicyclic) bond motifs is 1. The van der Waals surface area contributed by atoms with Crippen molar-refractivity contribution in [1.82, 2.24) is 4.90 Å². The van der Waals surface area contributed by atoms with Crippen molar-refractivity contribution >= 4 is 62.8 Å². The largest absolute Gasteiger partial charge is 0.318 e. The van der Waals surface area contributed by atoms with Crippen molar-refractivity contribution in [2.45, 2.75) is 13.8 Å². The van der Waals surface area contributed by atoms with Crippen LogP contribution in [-0.4, -0.2) is 23.2 Å². The number of hydrogen-bond acceptors (Lipinski definition) is 3. The van der Waals surface area contributed by atoms with E-state index in [9.17, 15) is 0 Å². The van der Waals surface area contributed by atoms with Crippen molar-refractivity contribution in [3.05, 3.63) is 38.7 Å². The minimum Gasteiger partial charge on any atom is -0.318 e. The van der Waals surface area contributed by atoms with Gasteiger partial charge < -0.3 is 4.90 Å². The van der Waals surface area contributed by atoms with Gasteiger partial charge in [-0.15, -0.1) is 17.0 Å². The van der Waals surface area contributed by atoms with E-state index >= 15 is 0 Å². The third kappa shape index (κ3) is 2.76. The molecule has 108 valence electrons. The molecule has 0 N–H and O–H groups in total. The van der Waals surface area contributed by atoms with E-state index in [1.54, 1.807) is 11.8 Å². The lowest BCUT2D eigenvalue weighted by atomic mass is 10.1. The number of aliphatic imine (C=N–C) groups is 1. The van der Waals surface area contributed by atoms with Gasteiger partial charge in [0.15, 0.2) is 5.17 Å². The monoisotopic (exact) mass is 392 g/mol. The highest BCUT2D eigenvalue weighted by Gasteiger charge is 2.34. The van der Waals surface area contributed by atoms with E-state index < -0.39 is 0 Å². The second kappa shape index (κ2) is 6.30. The normalized spacial score (nSPS) is 17.4. The van der Waals surface area contributed by atoms with Crippen LogP contribution in [0.1, 0.15) is 19.4 Å². The summed E-state index contributed by atoms with van der Waals surface area (Å²) in [4.78, 5) is 8.20. The molecule has 0 fully saturated rings. The lowest BCUT2D eigenvalue weighted by Crippen LogP contribution is -2.20. The Hall–Kier alpha value is -0.160. The second-order valence-corrected chi connectivity index (χ2v) is 6.74. The number of allylic oxidation sites excluding steroid dienone is 1. The van der Waals surface area contributed by atoms with Gasteiger partial charge in [-0.2, -0.15) is 0 Å². The van der Waals surface area contributed by atoms with Gasteiger partial charge in [0.05, 0.1) is 22.3 Å². The molecule has 2 aliphatic rings. The predicted octanol–water partition coefficient (Wildman–Crippen LogP) is 5.31. The summed E-state index contributed by atoms with van der Waals surface area (Å²) in [6, 6.07) is 5.84. The zero-order valence-electron chi connectivity index (χ0n) is 11.2. The molecule has 0 radical (unpaired) electrons. The van der Waals surface area contributed by atoms with Crippen molar-refractivity contribution in [3.8, 4) is 0 Å². The number of benzene rings is 1. The van der Waals surface area contributed by atoms with Crippen LogP contribution in [0.2, 0.25) is 10.0 Å². The molecule has 2 heterocycles. The molecule has 0 aliphatic carbocycles. The minimum atomic E-state index is 0. The van der Waals surface area contributed by atoms with E-state index in [4.69, 9.17) is 23.2 Å². The summed E-state index contributed by atoms with van der Waals surface area (Å²) < 4.78 is 0. The first kappa shape index (κ1) is 16.2. The molecule has 0 saturated carbocycles. The van der Waals surface area contributed by atoms with E-state index in [2.05, 4.69) is 23.7 Å². The Kier molecular flexibility index (Phi) is 5.11. The molecule has 0 spiro atoms. The van der Waals surface area contributed by atoms with Gasteiger partial charge in [-0.05, 0) is 18.1 Å². The molecule has 2 aliphatic heterocycles. The summed E-state index contributed by atoms with van der Waals surface area (Å²) in [6.07, 6.45) is 0. The summed E-state index contributed by atoms with van der Waals surface area (Å²) in [5.41, 5.74) is 2.37. The first-order valence-corrected chi connectivity index (χ1v) is 7.84. The van der Waals surface area contributed by atoms with Gasteiger partial charge in [0, 0.05) is 17.0 Å². The average Bonchev–Trinajstić information content (AvgIpc) is 2.92. The second-order valence-electron chi connectivity index (χ2n) is 4.91. The Morgan fingerprint density at radius 1 is 1.25 bits per heavy atom. The van der Waals surface area contributed by atoms with E-state index in [1.807, 2.05) is 18.2 Å². The highest BCUT2D eigenvalue weighted by molar-refractivity contribution is 8.93. The maximum absolute atomic E-state index is 6.15. The molecule has 1 aromatic carbocycles. The quantitative estimate of drug-likeness (QED) is 0.676. The molecule has 2 nitrogen and oxygen atoms in total. The number of nitrogens with zero attached hydrogens (tertiary/aromatic N) is 2. The third-order valence-corrected chi connectivity index (χ3v) is 5.38. The van der Waals surface area contributed by atoms with Gasteiger partial charge in [-0.25, -0.2) is 0 Å². The Labute approximate surface area is 144 Å². The van der Waals surface area contributed by atoms with E-state index in [0.29, 0.717) is 16.0 Å². The standard InChI is InChI=1S/C14H14Cl2N2S.BrH/c1-8(2)13-12(18-6-5-17-14(18)19-13)9-3-4-10(15)11(16)7-9;/h3-4,7-8H,5-6H2,1-2H3;1H. The van der Waals surface area contributed by atoms with E-state index in [-0.39, 0.29) is 17.0 Å². The topological polar surface area (TPSA) is 15.6 Å². The van der Waals surface area contributed by atoms with Crippen LogP contribution in [0, 0.1) is 5.92 Å². The SMILES string of the molecule is Br.CC(C)C1=C(c2ccc(Cl)c(Cl)c2)N2CCN=C2S1. The Morgan fingerprint density at radius 3 is 2.65 bits per heavy atom. The van der Waals surface area contributed by atoms with Crippen LogP contribution in [-0.2, 0) is 0 Å². The third-order valence-electron chi connectivity index (χ3n) is 3.22. The van der Waals surface area contributed by atoms with Crippen LogP contribution in [0.15, 0.2) is 28.1 Å². The molecule has 1 aromatic rings. The molecule has 0 aromatic heterocycles. The predicted molar refractivity (Wildman–Crippen MR) is 95.1 cm³/mol. The maximum Gasteiger partial charge on any atom is 0.168 e. The van der Waals surface area contributed by atoms with Gasteiger partial charge in [0.25, 0.3) is 0 Å². The zero-order valence-corrected chi connectivity index (χ0v) is 15.2. The maximum atomic E-state index is 6.15. The van der Waals surface area contributed by atoms with E-state index in [0.717, 1.165) is 23.8 Å². The molecular formula is C14H15BrCl2N2S. The molecular weight excluding hydrogens is 379 g/mol. The van der Waals surface area contributed by atoms with Crippen molar-refractivity contribution in [2.75, 3.05) is 13.1 Å². The van der Waals surface area contributed by atoms with Gasteiger partial charge in [-0.1, -0.05) is 54.9 Å². The van der Waals surface area contributed by atoms with Crippen LogP contribution >= 0.6 is 51.9 Å². The fourth-order valence-corrected chi connectivity index (χ4v) is 3.84. The molecule has 0 saturated heterocycles. The molecule has 0 bridgehead atoms. The van der Waals surface area contributed by atoms with E-state index in [1.165, 1.54) is 10.6 Å². The van der Waals surface area contributed by atoms with Gasteiger partial charge in [-0.3, -0.25) is 4.99 Å². The Bertz CT molecular complexity index is 599. The summed E-state index contributed by atoms with van der Waals surface area (Å²) in [5.74, 6) is 0.475. The molecule has 0 amide bonds. The van der Waals surface area contributed by atoms with Crippen LogP contribution in [0.3, 0.4) is 0 Å². The fraction of sp³-hybridized carbons (Fsp3) is 0.357. The highest BCUT2D eigenvalue weighted by atomic mass is 79.9. The van der Waals surface area contributed by atoms with Gasteiger partial charge >= 0.3 is 0 Å². The number of amidine groups is 1. The van der Waals surface area contributed by atoms with Crippen molar-refractivity contribution in [1.29, 1.82) is 0 Å². The van der Waals surface area contributed by atoms with Crippen LogP contribution < -0.4 is 0 Å². The number of hydrogen-bond donors (Lipinski definition) is 0. The summed E-state index contributed by atoms with van der Waals surface area (Å²) in [7, 11) is 0. The molecule has 20 heavy (non-hydrogen) atoms. The van der Waals surface area contributed by atoms with Crippen molar-refractivity contribution in [3.63, 3.8) is 0 Å². The lowest BCUT2D eigenvalue weighted by molar-refractivity contribution is 0.641. The number of halogens is 3. The Balaban J connectivity index is 0.00000147. The summed E-state index contributed by atoms with van der Waals surface area (Å²) >= 11 is 13.9. The molecule has 3 rings (SSSR count). The van der Waals surface area contributed by atoms with Crippen LogP contribution in [0.5, 0.6) is 0 Å². The minimum absolute atomic E-state index is 0. The zero-order chi connectivity index (χ0) is 13.6. The number of thioether (sulfide) groups is 1. The first-order chi connectivity index (χ1) is 9.08. The Morgan fingerprint density at radius 2 is 2.00 bits per heavy atom. The van der Waals surface area contributed by atoms with Crippen molar-refractivity contribution < 1.29 is 0 Å². The van der Waals surface area contributed by atoms with Crippen molar-refractivity contribution in [2.24, 2.45) is 10.9 Å². The number of rotatable bonds is 2. The lowest BCUT2D eigenvalue weighted by Gasteiger charge is -2.18. The average molecular weight is 394 g/mol. The summed E-state index contributed by atoms with van der Waals surface area (Å²) in [6.45, 7) is 6.25. The molecule has 0 unspecified atom stereocenters. The van der Waals surface area contributed by atoms with Gasteiger partial charge in [0.2, 0.25) is 0 Å². The fourth-order valence-electron chi connectivity index (χ4n) is 2.33. The summed E-state index contributed by atoms with van der Waals surface area (Å²) in [5, 5.41) is 2.31. The smallest absolute Gasteiger partial charge is 0.168 e. The van der Waals surface area contributed by atoms with Crippen LogP contribution in [0.4, 0.5) is 0 Å².